The number of rotatable bonds is 3. The van der Waals surface area contributed by atoms with Gasteiger partial charge in [0.15, 0.2) is 6.29 Å². The van der Waals surface area contributed by atoms with Gasteiger partial charge in [0, 0.05) is 19.1 Å². The third kappa shape index (κ3) is 4.58. The maximum Gasteiger partial charge on any atom is 0.186 e. The van der Waals surface area contributed by atoms with E-state index in [2.05, 4.69) is 25.7 Å². The monoisotopic (exact) mass is 593 g/mol. The van der Waals surface area contributed by atoms with Gasteiger partial charge in [-0.05, 0) is 117 Å². The fraction of sp³-hybridized carbons (Fsp3) is 1.00. The van der Waals surface area contributed by atoms with Crippen molar-refractivity contribution < 1.29 is 40.1 Å². The minimum Gasteiger partial charge on any atom is -0.394 e. The molecule has 9 nitrogen and oxygen atoms in total. The van der Waals surface area contributed by atoms with Crippen molar-refractivity contribution in [3.8, 4) is 0 Å². The first-order valence-electron chi connectivity index (χ1n) is 17.0. The van der Waals surface area contributed by atoms with Crippen molar-refractivity contribution in [3.05, 3.63) is 0 Å². The Kier molecular flexibility index (Phi) is 7.84. The van der Waals surface area contributed by atoms with Gasteiger partial charge in [0.25, 0.3) is 0 Å². The van der Waals surface area contributed by atoms with Crippen LogP contribution in [0.15, 0.2) is 0 Å². The van der Waals surface area contributed by atoms with Crippen molar-refractivity contribution >= 4 is 0 Å². The molecule has 6 N–H and O–H groups in total. The van der Waals surface area contributed by atoms with Gasteiger partial charge < -0.3 is 40.1 Å². The molecule has 0 spiro atoms. The second-order valence-corrected chi connectivity index (χ2v) is 16.2. The lowest BCUT2D eigenvalue weighted by molar-refractivity contribution is -0.317. The fourth-order valence-corrected chi connectivity index (χ4v) is 12.1. The van der Waals surface area contributed by atoms with E-state index in [9.17, 15) is 30.6 Å². The number of ether oxygens (including phenoxy) is 2. The maximum absolute atomic E-state index is 12.0. The van der Waals surface area contributed by atoms with Crippen LogP contribution in [0.2, 0.25) is 0 Å². The second-order valence-electron chi connectivity index (χ2n) is 16.2. The van der Waals surface area contributed by atoms with Gasteiger partial charge in [-0.2, -0.15) is 0 Å². The molecule has 3 heterocycles. The highest BCUT2D eigenvalue weighted by atomic mass is 16.7. The first-order valence-corrected chi connectivity index (χ1v) is 17.0. The molecule has 7 fully saturated rings. The Bertz CT molecular complexity index is 995. The maximum atomic E-state index is 12.0. The van der Waals surface area contributed by atoms with E-state index in [1.165, 1.54) is 19.3 Å². The Balaban J connectivity index is 1.07. The van der Waals surface area contributed by atoms with Crippen LogP contribution in [0.4, 0.5) is 0 Å². The Morgan fingerprint density at radius 1 is 0.786 bits per heavy atom. The smallest absolute Gasteiger partial charge is 0.186 e. The molecule has 4 saturated carbocycles. The summed E-state index contributed by atoms with van der Waals surface area (Å²) < 4.78 is 11.8. The van der Waals surface area contributed by atoms with E-state index in [0.717, 1.165) is 45.2 Å². The van der Waals surface area contributed by atoms with Gasteiger partial charge in [-0.3, -0.25) is 4.90 Å². The van der Waals surface area contributed by atoms with E-state index in [4.69, 9.17) is 9.47 Å². The zero-order chi connectivity index (χ0) is 29.7. The number of hydrogen-bond acceptors (Lipinski definition) is 9. The molecule has 3 saturated heterocycles. The van der Waals surface area contributed by atoms with Crippen LogP contribution in [-0.4, -0.2) is 110 Å². The molecule has 0 radical (unpaired) electrons. The molecule has 0 aromatic carbocycles. The van der Waals surface area contributed by atoms with Crippen molar-refractivity contribution in [2.75, 3.05) is 19.7 Å². The number of aliphatic hydroxyl groups is 6. The summed E-state index contributed by atoms with van der Waals surface area (Å²) in [6, 6.07) is 0.290. The zero-order valence-corrected chi connectivity index (χ0v) is 25.7. The van der Waals surface area contributed by atoms with Gasteiger partial charge >= 0.3 is 0 Å². The van der Waals surface area contributed by atoms with Gasteiger partial charge in [-0.1, -0.05) is 13.8 Å². The van der Waals surface area contributed by atoms with Crippen molar-refractivity contribution in [2.24, 2.45) is 52.8 Å². The lowest BCUT2D eigenvalue weighted by atomic mass is 9.51. The summed E-state index contributed by atoms with van der Waals surface area (Å²) >= 11 is 0. The average molecular weight is 594 g/mol. The standard InChI is InChI=1S/C33H55NO8/c1-16-4-7-27-33(3,40)22-6-5-18-19(21(22)14-34(27)13-16)11-23-20(18)12-25(36)24-10-17(8-9-32(23,24)2)41-31-30(39)29(38)28(37)26(15-35)42-31/h16-31,35-40H,4-15H2,1-3H3/t16-,17?,18+,19+,20-,21-,22-,23-,24-,25?,26+,27-,28+,29-,30+,31+,32+,33-/m0/s1. The molecule has 18 atom stereocenters. The molecule has 4 aliphatic carbocycles. The van der Waals surface area contributed by atoms with Crippen LogP contribution >= 0.6 is 0 Å². The Labute approximate surface area is 250 Å². The summed E-state index contributed by atoms with van der Waals surface area (Å²) in [5.41, 5.74) is -0.628. The quantitative estimate of drug-likeness (QED) is 0.269. The van der Waals surface area contributed by atoms with Gasteiger partial charge in [0.2, 0.25) is 0 Å². The zero-order valence-electron chi connectivity index (χ0n) is 25.7. The van der Waals surface area contributed by atoms with Crippen LogP contribution in [0.1, 0.15) is 78.6 Å². The molecule has 0 aromatic heterocycles. The van der Waals surface area contributed by atoms with Gasteiger partial charge in [-0.25, -0.2) is 0 Å². The van der Waals surface area contributed by atoms with Crippen molar-refractivity contribution in [3.63, 3.8) is 0 Å². The topological polar surface area (TPSA) is 143 Å². The summed E-state index contributed by atoms with van der Waals surface area (Å²) in [5, 5.41) is 64.1. The highest BCUT2D eigenvalue weighted by molar-refractivity contribution is 5.14. The highest BCUT2D eigenvalue weighted by Gasteiger charge is 2.64. The Hall–Kier alpha value is -0.360. The van der Waals surface area contributed by atoms with E-state index >= 15 is 0 Å². The van der Waals surface area contributed by atoms with Gasteiger partial charge in [-0.15, -0.1) is 0 Å². The van der Waals surface area contributed by atoms with Gasteiger partial charge in [0.1, 0.15) is 24.4 Å². The minimum absolute atomic E-state index is 0.00374. The summed E-state index contributed by atoms with van der Waals surface area (Å²) in [4.78, 5) is 2.64. The third-order valence-electron chi connectivity index (χ3n) is 14.2. The highest BCUT2D eigenvalue weighted by Crippen LogP contribution is 2.67. The van der Waals surface area contributed by atoms with Crippen molar-refractivity contribution in [1.82, 2.24) is 4.90 Å². The number of aliphatic hydroxyl groups excluding tert-OH is 5. The summed E-state index contributed by atoms with van der Waals surface area (Å²) in [5.74, 6) is 3.97. The molecule has 2 unspecified atom stereocenters. The van der Waals surface area contributed by atoms with Gasteiger partial charge in [0.05, 0.1) is 24.4 Å². The number of fused-ring (bicyclic) bond motifs is 8. The summed E-state index contributed by atoms with van der Waals surface area (Å²) in [6.45, 7) is 8.63. The number of nitrogens with zero attached hydrogens (tertiary/aromatic N) is 1. The van der Waals surface area contributed by atoms with Crippen LogP contribution < -0.4 is 0 Å². The predicted octanol–water partition coefficient (Wildman–Crippen LogP) is 1.50. The average Bonchev–Trinajstić information content (AvgIpc) is 3.33. The van der Waals surface area contributed by atoms with Crippen LogP contribution in [0, 0.1) is 52.8 Å². The predicted molar refractivity (Wildman–Crippen MR) is 154 cm³/mol. The lowest BCUT2D eigenvalue weighted by Gasteiger charge is -2.60. The molecule has 7 aliphatic rings. The minimum atomic E-state index is -1.45. The first-order chi connectivity index (χ1) is 19.9. The normalized spacial score (nSPS) is 59.6. The lowest BCUT2D eigenvalue weighted by Crippen LogP contribution is -2.67. The SMILES string of the molecule is C[C@H]1CC[C@@H]2N(C1)C[C@H]1[C@@H]3C[C@H]4[C@@H](CC(O)[C@@H]5CC(O[C@@H]6O[C@H](CO)[C@@H](O)[C@H](O)[C@H]6O)CC[C@@]54C)[C@@H]3CC[C@@H]1[C@]2(C)O. The van der Waals surface area contributed by atoms with E-state index in [0.29, 0.717) is 47.8 Å². The number of hydrogen-bond donors (Lipinski definition) is 6. The molecule has 0 amide bonds. The molecule has 3 aliphatic heterocycles. The summed E-state index contributed by atoms with van der Waals surface area (Å²) in [6.07, 6.45) is 1.96. The van der Waals surface area contributed by atoms with Crippen LogP contribution in [-0.2, 0) is 9.47 Å². The molecule has 9 heteroatoms. The Morgan fingerprint density at radius 2 is 1.57 bits per heavy atom. The van der Waals surface area contributed by atoms with Crippen LogP contribution in [0.25, 0.3) is 0 Å². The van der Waals surface area contributed by atoms with Crippen molar-refractivity contribution in [2.45, 2.75) is 133 Å². The summed E-state index contributed by atoms with van der Waals surface area (Å²) in [7, 11) is 0. The fourth-order valence-electron chi connectivity index (χ4n) is 12.1. The Morgan fingerprint density at radius 3 is 2.33 bits per heavy atom. The van der Waals surface area contributed by atoms with E-state index in [1.54, 1.807) is 0 Å². The molecule has 0 aromatic rings. The van der Waals surface area contributed by atoms with E-state index < -0.39 is 49.0 Å². The van der Waals surface area contributed by atoms with Crippen LogP contribution in [0.5, 0.6) is 0 Å². The van der Waals surface area contributed by atoms with Crippen molar-refractivity contribution in [1.29, 1.82) is 0 Å². The molecule has 0 bridgehead atoms. The molecule has 42 heavy (non-hydrogen) atoms. The van der Waals surface area contributed by atoms with E-state index in [-0.39, 0.29) is 23.5 Å². The van der Waals surface area contributed by atoms with E-state index in [1.807, 2.05) is 0 Å². The molecular weight excluding hydrogens is 538 g/mol. The van der Waals surface area contributed by atoms with Crippen LogP contribution in [0.3, 0.4) is 0 Å². The molecule has 7 rings (SSSR count). The largest absolute Gasteiger partial charge is 0.394 e. The third-order valence-corrected chi connectivity index (χ3v) is 14.2. The molecule has 240 valence electrons. The number of piperidine rings is 2. The molecular formula is C33H55NO8. The first kappa shape index (κ1) is 30.3. The second kappa shape index (κ2) is 10.9.